The maximum absolute atomic E-state index is 12.4. The average molecular weight is 379 g/mol. The second kappa shape index (κ2) is 8.17. The highest BCUT2D eigenvalue weighted by atomic mass is 16.6. The van der Waals surface area contributed by atoms with E-state index in [9.17, 15) is 14.9 Å². The van der Waals surface area contributed by atoms with Crippen LogP contribution in [0.2, 0.25) is 0 Å². The number of nitro benzene ring substituents is 1. The van der Waals surface area contributed by atoms with E-state index in [0.29, 0.717) is 17.3 Å². The monoisotopic (exact) mass is 379 g/mol. The van der Waals surface area contributed by atoms with Gasteiger partial charge in [-0.05, 0) is 37.3 Å². The lowest BCUT2D eigenvalue weighted by Crippen LogP contribution is -2.12. The summed E-state index contributed by atoms with van der Waals surface area (Å²) in [5, 5.41) is 13.7. The fourth-order valence-corrected chi connectivity index (χ4v) is 2.42. The van der Waals surface area contributed by atoms with Gasteiger partial charge in [0.25, 0.3) is 5.91 Å². The van der Waals surface area contributed by atoms with Gasteiger partial charge in [-0.25, -0.2) is 4.98 Å². The number of anilines is 1. The third-order valence-electron chi connectivity index (χ3n) is 3.88. The van der Waals surface area contributed by atoms with Crippen molar-refractivity contribution in [3.63, 3.8) is 0 Å². The first-order chi connectivity index (χ1) is 13.5. The van der Waals surface area contributed by atoms with Gasteiger partial charge in [-0.3, -0.25) is 14.9 Å². The molecular formula is C20H17N3O5. The Kier molecular flexibility index (Phi) is 5.50. The van der Waals surface area contributed by atoms with Gasteiger partial charge in [0.1, 0.15) is 5.75 Å². The Morgan fingerprint density at radius 1 is 1.11 bits per heavy atom. The second-order valence-corrected chi connectivity index (χ2v) is 5.90. The van der Waals surface area contributed by atoms with E-state index in [4.69, 9.17) is 9.47 Å². The zero-order chi connectivity index (χ0) is 20.1. The highest BCUT2D eigenvalue weighted by Gasteiger charge is 2.18. The Bertz CT molecular complexity index is 1000. The number of aryl methyl sites for hydroxylation is 1. The molecule has 0 spiro atoms. The summed E-state index contributed by atoms with van der Waals surface area (Å²) in [7, 11) is 1.33. The first-order valence-electron chi connectivity index (χ1n) is 8.30. The highest BCUT2D eigenvalue weighted by molar-refractivity contribution is 6.04. The van der Waals surface area contributed by atoms with E-state index in [0.717, 1.165) is 11.6 Å². The van der Waals surface area contributed by atoms with E-state index >= 15 is 0 Å². The van der Waals surface area contributed by atoms with Crippen molar-refractivity contribution in [2.45, 2.75) is 6.92 Å². The number of carbonyl (C=O) groups is 1. The summed E-state index contributed by atoms with van der Waals surface area (Å²) in [6, 6.07) is 14.8. The second-order valence-electron chi connectivity index (χ2n) is 5.90. The molecule has 0 fully saturated rings. The Morgan fingerprint density at radius 3 is 2.46 bits per heavy atom. The van der Waals surface area contributed by atoms with Crippen LogP contribution < -0.4 is 14.8 Å². The molecule has 1 heterocycles. The Hall–Kier alpha value is -3.94. The number of ether oxygens (including phenoxy) is 2. The molecule has 142 valence electrons. The van der Waals surface area contributed by atoms with Crippen molar-refractivity contribution < 1.29 is 19.2 Å². The van der Waals surface area contributed by atoms with E-state index in [1.165, 1.54) is 25.4 Å². The van der Waals surface area contributed by atoms with Gasteiger partial charge in [0, 0.05) is 17.7 Å². The van der Waals surface area contributed by atoms with Crippen LogP contribution >= 0.6 is 0 Å². The smallest absolute Gasteiger partial charge is 0.311 e. The number of nitrogens with one attached hydrogen (secondary N) is 1. The molecule has 1 aromatic heterocycles. The van der Waals surface area contributed by atoms with Crippen molar-refractivity contribution >= 4 is 17.3 Å². The number of amides is 1. The largest absolute Gasteiger partial charge is 0.490 e. The van der Waals surface area contributed by atoms with Crippen LogP contribution in [0.1, 0.15) is 15.9 Å². The molecule has 3 aromatic rings. The van der Waals surface area contributed by atoms with Crippen LogP contribution in [0.4, 0.5) is 11.4 Å². The molecule has 28 heavy (non-hydrogen) atoms. The number of hydrogen-bond acceptors (Lipinski definition) is 6. The SMILES string of the molecule is COc1ccc(C(=O)Nc2ccc(Oc3ccc(C)cc3)nc2)cc1[N+](=O)[O-]. The van der Waals surface area contributed by atoms with Crippen LogP contribution in [-0.2, 0) is 0 Å². The number of hydrogen-bond donors (Lipinski definition) is 1. The van der Waals surface area contributed by atoms with Gasteiger partial charge < -0.3 is 14.8 Å². The summed E-state index contributed by atoms with van der Waals surface area (Å²) in [5.74, 6) is 0.614. The molecule has 2 aromatic carbocycles. The first kappa shape index (κ1) is 18.8. The zero-order valence-corrected chi connectivity index (χ0v) is 15.2. The lowest BCUT2D eigenvalue weighted by atomic mass is 10.1. The zero-order valence-electron chi connectivity index (χ0n) is 15.2. The van der Waals surface area contributed by atoms with Crippen LogP contribution in [-0.4, -0.2) is 22.9 Å². The Morgan fingerprint density at radius 2 is 1.86 bits per heavy atom. The summed E-state index contributed by atoms with van der Waals surface area (Å²) in [6.07, 6.45) is 1.44. The van der Waals surface area contributed by atoms with Gasteiger partial charge in [0.15, 0.2) is 5.75 Å². The number of nitro groups is 1. The Labute approximate surface area is 160 Å². The molecule has 0 atom stereocenters. The number of methoxy groups -OCH3 is 1. The molecule has 0 aliphatic carbocycles. The molecule has 8 nitrogen and oxygen atoms in total. The van der Waals surface area contributed by atoms with E-state index in [1.807, 2.05) is 31.2 Å². The lowest BCUT2D eigenvalue weighted by Gasteiger charge is -2.08. The van der Waals surface area contributed by atoms with Gasteiger partial charge >= 0.3 is 5.69 Å². The van der Waals surface area contributed by atoms with Gasteiger partial charge in [-0.15, -0.1) is 0 Å². The molecule has 0 unspecified atom stereocenters. The molecule has 3 rings (SSSR count). The van der Waals surface area contributed by atoms with Crippen molar-refractivity contribution in [1.29, 1.82) is 0 Å². The summed E-state index contributed by atoms with van der Waals surface area (Å²) in [4.78, 5) is 27.0. The molecule has 0 aliphatic heterocycles. The fraction of sp³-hybridized carbons (Fsp3) is 0.100. The minimum atomic E-state index is -0.603. The highest BCUT2D eigenvalue weighted by Crippen LogP contribution is 2.28. The number of rotatable bonds is 6. The molecule has 1 N–H and O–H groups in total. The maximum atomic E-state index is 12.4. The quantitative estimate of drug-likeness (QED) is 0.504. The van der Waals surface area contributed by atoms with E-state index < -0.39 is 10.8 Å². The standard InChI is InChI=1S/C20H17N3O5/c1-13-3-7-16(8-4-13)28-19-10-6-15(12-21-19)22-20(24)14-5-9-18(27-2)17(11-14)23(25)26/h3-12H,1-2H3,(H,22,24). The van der Waals surface area contributed by atoms with Crippen molar-refractivity contribution in [3.8, 4) is 17.4 Å². The molecule has 0 saturated heterocycles. The van der Waals surface area contributed by atoms with Crippen molar-refractivity contribution in [1.82, 2.24) is 4.98 Å². The molecule has 0 aliphatic rings. The first-order valence-corrected chi connectivity index (χ1v) is 8.30. The maximum Gasteiger partial charge on any atom is 0.311 e. The van der Waals surface area contributed by atoms with E-state index in [2.05, 4.69) is 10.3 Å². The van der Waals surface area contributed by atoms with Gasteiger partial charge in [0.05, 0.1) is 23.9 Å². The van der Waals surface area contributed by atoms with Crippen LogP contribution in [0.5, 0.6) is 17.4 Å². The van der Waals surface area contributed by atoms with Crippen LogP contribution in [0, 0.1) is 17.0 Å². The lowest BCUT2D eigenvalue weighted by molar-refractivity contribution is -0.385. The van der Waals surface area contributed by atoms with Crippen molar-refractivity contribution in [2.24, 2.45) is 0 Å². The van der Waals surface area contributed by atoms with Gasteiger partial charge in [0.2, 0.25) is 5.88 Å². The number of pyridine rings is 1. The third-order valence-corrected chi connectivity index (χ3v) is 3.88. The molecule has 0 saturated carbocycles. The number of nitrogens with zero attached hydrogens (tertiary/aromatic N) is 2. The third kappa shape index (κ3) is 4.42. The summed E-state index contributed by atoms with van der Waals surface area (Å²) in [6.45, 7) is 1.98. The summed E-state index contributed by atoms with van der Waals surface area (Å²) < 4.78 is 10.6. The van der Waals surface area contributed by atoms with Crippen molar-refractivity contribution in [2.75, 3.05) is 12.4 Å². The predicted molar refractivity (Wildman–Crippen MR) is 103 cm³/mol. The van der Waals surface area contributed by atoms with Gasteiger partial charge in [-0.1, -0.05) is 17.7 Å². The van der Waals surface area contributed by atoms with Crippen molar-refractivity contribution in [3.05, 3.63) is 82.0 Å². The number of benzene rings is 2. The number of aromatic nitrogens is 1. The van der Waals surface area contributed by atoms with Gasteiger partial charge in [-0.2, -0.15) is 0 Å². The molecule has 0 radical (unpaired) electrons. The summed E-state index contributed by atoms with van der Waals surface area (Å²) in [5.41, 5.74) is 1.40. The van der Waals surface area contributed by atoms with Crippen LogP contribution in [0.15, 0.2) is 60.8 Å². The topological polar surface area (TPSA) is 104 Å². The molecular weight excluding hydrogens is 362 g/mol. The summed E-state index contributed by atoms with van der Waals surface area (Å²) >= 11 is 0. The Balaban J connectivity index is 1.70. The molecule has 8 heteroatoms. The number of carbonyl (C=O) groups excluding carboxylic acids is 1. The van der Waals surface area contributed by atoms with Crippen LogP contribution in [0.25, 0.3) is 0 Å². The fourth-order valence-electron chi connectivity index (χ4n) is 2.42. The molecule has 0 bridgehead atoms. The van der Waals surface area contributed by atoms with E-state index in [-0.39, 0.29) is 17.0 Å². The average Bonchev–Trinajstić information content (AvgIpc) is 2.70. The predicted octanol–water partition coefficient (Wildman–Crippen LogP) is 4.35. The molecule has 1 amide bonds. The van der Waals surface area contributed by atoms with Crippen LogP contribution in [0.3, 0.4) is 0 Å². The van der Waals surface area contributed by atoms with E-state index in [1.54, 1.807) is 12.1 Å². The minimum Gasteiger partial charge on any atom is -0.490 e. The minimum absolute atomic E-state index is 0.0841. The normalized spacial score (nSPS) is 10.2.